The van der Waals surface area contributed by atoms with E-state index in [9.17, 15) is 24.9 Å². The summed E-state index contributed by atoms with van der Waals surface area (Å²) in [7, 11) is 0. The van der Waals surface area contributed by atoms with Crippen LogP contribution < -0.4 is 10.1 Å². The number of aromatic hydroxyl groups is 2. The predicted octanol–water partition coefficient (Wildman–Crippen LogP) is 3.51. The van der Waals surface area contributed by atoms with Crippen molar-refractivity contribution in [1.82, 2.24) is 10.3 Å². The van der Waals surface area contributed by atoms with Crippen molar-refractivity contribution in [3.05, 3.63) is 58.9 Å². The molecule has 0 bridgehead atoms. The molecule has 2 aromatic carbocycles. The Morgan fingerprint density at radius 1 is 1.13 bits per heavy atom. The minimum absolute atomic E-state index is 0.0319. The van der Waals surface area contributed by atoms with Gasteiger partial charge in [0.15, 0.2) is 11.4 Å². The van der Waals surface area contributed by atoms with E-state index in [0.29, 0.717) is 16.7 Å². The van der Waals surface area contributed by atoms with Gasteiger partial charge in [-0.05, 0) is 37.6 Å². The van der Waals surface area contributed by atoms with E-state index in [-0.39, 0.29) is 28.8 Å². The van der Waals surface area contributed by atoms with Crippen LogP contribution in [0.4, 0.5) is 0 Å². The number of hydrogen-bond acceptors (Lipinski definition) is 6. The summed E-state index contributed by atoms with van der Waals surface area (Å²) in [5.41, 5.74) is 0.200. The number of ether oxygens (including phenoxy) is 1. The molecule has 1 atom stereocenters. The zero-order chi connectivity index (χ0) is 22.7. The number of carboxylic acid groups (broad SMARTS) is 1. The second-order valence-corrected chi connectivity index (χ2v) is 7.54. The lowest BCUT2D eigenvalue weighted by Gasteiger charge is -2.17. The van der Waals surface area contributed by atoms with Crippen molar-refractivity contribution in [2.45, 2.75) is 32.4 Å². The molecule has 8 nitrogen and oxygen atoms in total. The fraction of sp³-hybridized carbons (Fsp3) is 0.227. The topological polar surface area (TPSA) is 129 Å². The molecule has 0 aliphatic rings. The van der Waals surface area contributed by atoms with Crippen LogP contribution in [0.5, 0.6) is 17.2 Å². The van der Waals surface area contributed by atoms with Crippen LogP contribution in [0.25, 0.3) is 10.8 Å². The van der Waals surface area contributed by atoms with Crippen molar-refractivity contribution in [2.24, 2.45) is 0 Å². The number of hydrogen-bond donors (Lipinski definition) is 4. The highest BCUT2D eigenvalue weighted by Crippen LogP contribution is 2.38. The number of phenols is 1. The Labute approximate surface area is 183 Å². The Bertz CT molecular complexity index is 1130. The summed E-state index contributed by atoms with van der Waals surface area (Å²) < 4.78 is 5.70. The Morgan fingerprint density at radius 2 is 1.81 bits per heavy atom. The number of fused-ring (bicyclic) bond motifs is 1. The smallest absolute Gasteiger partial charge is 0.326 e. The maximum absolute atomic E-state index is 12.8. The average Bonchev–Trinajstić information content (AvgIpc) is 2.71. The lowest BCUT2D eigenvalue weighted by molar-refractivity contribution is -0.139. The third-order valence-electron chi connectivity index (χ3n) is 4.48. The summed E-state index contributed by atoms with van der Waals surface area (Å²) in [6.07, 6.45) is -0.182. The molecule has 1 heterocycles. The molecule has 1 aromatic heterocycles. The Kier molecular flexibility index (Phi) is 6.50. The maximum Gasteiger partial charge on any atom is 0.326 e. The molecule has 0 fully saturated rings. The first-order chi connectivity index (χ1) is 14.7. The fourth-order valence-electron chi connectivity index (χ4n) is 3.08. The summed E-state index contributed by atoms with van der Waals surface area (Å²) >= 11 is 6.29. The van der Waals surface area contributed by atoms with Gasteiger partial charge in [0, 0.05) is 11.8 Å². The Hall–Kier alpha value is -3.52. The number of carbonyl (C=O) groups excluding carboxylic acids is 1. The van der Waals surface area contributed by atoms with Crippen LogP contribution in [0.15, 0.2) is 42.5 Å². The van der Waals surface area contributed by atoms with Gasteiger partial charge in [0.2, 0.25) is 0 Å². The summed E-state index contributed by atoms with van der Waals surface area (Å²) in [4.78, 5) is 28.4. The highest BCUT2D eigenvalue weighted by Gasteiger charge is 2.26. The van der Waals surface area contributed by atoms with E-state index < -0.39 is 29.4 Å². The van der Waals surface area contributed by atoms with Gasteiger partial charge >= 0.3 is 5.97 Å². The molecule has 3 rings (SSSR count). The number of nitrogens with zero attached hydrogens (tertiary/aromatic N) is 1. The first-order valence-corrected chi connectivity index (χ1v) is 9.84. The van der Waals surface area contributed by atoms with Crippen molar-refractivity contribution in [1.29, 1.82) is 0 Å². The Balaban J connectivity index is 1.93. The van der Waals surface area contributed by atoms with Gasteiger partial charge in [-0.2, -0.15) is 0 Å². The molecule has 162 valence electrons. The van der Waals surface area contributed by atoms with Crippen LogP contribution in [-0.4, -0.2) is 44.3 Å². The molecule has 0 unspecified atom stereocenters. The van der Waals surface area contributed by atoms with E-state index in [2.05, 4.69) is 10.3 Å². The van der Waals surface area contributed by atoms with Crippen molar-refractivity contribution in [3.8, 4) is 17.2 Å². The second kappa shape index (κ2) is 9.09. The normalized spacial score (nSPS) is 12.0. The van der Waals surface area contributed by atoms with Crippen LogP contribution in [0.3, 0.4) is 0 Å². The zero-order valence-corrected chi connectivity index (χ0v) is 17.6. The number of phenolic OH excluding ortho intramolecular Hbond substituents is 1. The number of halogens is 1. The molecule has 31 heavy (non-hydrogen) atoms. The van der Waals surface area contributed by atoms with E-state index in [1.165, 1.54) is 12.1 Å². The van der Waals surface area contributed by atoms with Gasteiger partial charge in [-0.25, -0.2) is 9.78 Å². The van der Waals surface area contributed by atoms with Crippen LogP contribution >= 0.6 is 11.6 Å². The number of rotatable bonds is 7. The van der Waals surface area contributed by atoms with Crippen molar-refractivity contribution < 1.29 is 29.6 Å². The molecule has 0 saturated carbocycles. The zero-order valence-electron chi connectivity index (χ0n) is 16.8. The third-order valence-corrected chi connectivity index (χ3v) is 4.75. The molecular formula is C22H21ClN2O6. The molecule has 4 N–H and O–H groups in total. The molecule has 0 radical (unpaired) electrons. The highest BCUT2D eigenvalue weighted by molar-refractivity contribution is 6.35. The molecule has 0 saturated heterocycles. The number of pyridine rings is 1. The van der Waals surface area contributed by atoms with Gasteiger partial charge in [0.25, 0.3) is 5.91 Å². The molecule has 3 aromatic rings. The molecular weight excluding hydrogens is 424 g/mol. The molecule has 0 aliphatic carbocycles. The van der Waals surface area contributed by atoms with Gasteiger partial charge in [-0.1, -0.05) is 35.9 Å². The van der Waals surface area contributed by atoms with E-state index in [4.69, 9.17) is 16.3 Å². The summed E-state index contributed by atoms with van der Waals surface area (Å²) in [5, 5.41) is 32.5. The van der Waals surface area contributed by atoms with Crippen molar-refractivity contribution in [3.63, 3.8) is 0 Å². The molecule has 9 heteroatoms. The molecule has 1 amide bonds. The van der Waals surface area contributed by atoms with Crippen LogP contribution in [0.1, 0.15) is 29.9 Å². The minimum atomic E-state index is -1.29. The number of aliphatic carboxylic acids is 1. The lowest BCUT2D eigenvalue weighted by atomic mass is 10.1. The van der Waals surface area contributed by atoms with Gasteiger partial charge in [0.1, 0.15) is 22.7 Å². The maximum atomic E-state index is 12.8. The van der Waals surface area contributed by atoms with E-state index in [0.717, 1.165) is 0 Å². The van der Waals surface area contributed by atoms with Crippen molar-refractivity contribution >= 4 is 34.2 Å². The average molecular weight is 445 g/mol. The Morgan fingerprint density at radius 3 is 2.42 bits per heavy atom. The minimum Gasteiger partial charge on any atom is -0.508 e. The summed E-state index contributed by atoms with van der Waals surface area (Å²) in [5.74, 6) is -2.13. The fourth-order valence-corrected chi connectivity index (χ4v) is 3.36. The van der Waals surface area contributed by atoms with Gasteiger partial charge in [0.05, 0.1) is 11.5 Å². The number of carbonyl (C=O) groups is 2. The van der Waals surface area contributed by atoms with Gasteiger partial charge in [-0.3, -0.25) is 4.79 Å². The van der Waals surface area contributed by atoms with Gasteiger partial charge < -0.3 is 25.4 Å². The molecule has 0 spiro atoms. The largest absolute Gasteiger partial charge is 0.508 e. The highest BCUT2D eigenvalue weighted by atomic mass is 35.5. The second-order valence-electron chi connectivity index (χ2n) is 7.18. The van der Waals surface area contributed by atoms with Crippen LogP contribution in [0, 0.1) is 0 Å². The summed E-state index contributed by atoms with van der Waals surface area (Å²) in [6.45, 7) is 3.67. The molecule has 0 aliphatic heterocycles. The monoisotopic (exact) mass is 444 g/mol. The van der Waals surface area contributed by atoms with Crippen LogP contribution in [-0.2, 0) is 11.2 Å². The number of aromatic nitrogens is 1. The SMILES string of the molecule is CC(C)Oc1cccc2c(O)c(C(=O)N[C@@H](Cc3ccc(O)cc3)C(=O)O)nc(Cl)c12. The van der Waals surface area contributed by atoms with E-state index in [1.807, 2.05) is 13.8 Å². The quantitative estimate of drug-likeness (QED) is 0.410. The number of benzene rings is 2. The van der Waals surface area contributed by atoms with Crippen LogP contribution in [0.2, 0.25) is 5.15 Å². The van der Waals surface area contributed by atoms with E-state index in [1.54, 1.807) is 30.3 Å². The van der Waals surface area contributed by atoms with E-state index >= 15 is 0 Å². The number of carboxylic acids is 1. The first kappa shape index (κ1) is 22.2. The van der Waals surface area contributed by atoms with Gasteiger partial charge in [-0.15, -0.1) is 0 Å². The third kappa shape index (κ3) is 4.97. The lowest BCUT2D eigenvalue weighted by Crippen LogP contribution is -2.42. The number of nitrogens with one attached hydrogen (secondary N) is 1. The summed E-state index contributed by atoms with van der Waals surface area (Å²) in [6, 6.07) is 9.53. The standard InChI is InChI=1S/C22H21ClN2O6/c1-11(2)31-16-5-3-4-14-17(16)20(23)25-18(19(14)27)21(28)24-15(22(29)30)10-12-6-8-13(26)9-7-12/h3-9,11,15,26-27H,10H2,1-2H3,(H,24,28)(H,29,30)/t15-/m0/s1. The van der Waals surface area contributed by atoms with Crippen molar-refractivity contribution in [2.75, 3.05) is 0 Å². The first-order valence-electron chi connectivity index (χ1n) is 9.46. The number of amides is 1. The predicted molar refractivity (Wildman–Crippen MR) is 115 cm³/mol.